The number of thiazole rings is 1. The third kappa shape index (κ3) is 3.32. The molecule has 1 amide bonds. The van der Waals surface area contributed by atoms with E-state index in [4.69, 9.17) is 15.6 Å². The zero-order valence-electron chi connectivity index (χ0n) is 11.1. The van der Waals surface area contributed by atoms with Gasteiger partial charge in [-0.1, -0.05) is 0 Å². The van der Waals surface area contributed by atoms with Crippen molar-refractivity contribution in [3.05, 3.63) is 10.4 Å². The van der Waals surface area contributed by atoms with E-state index >= 15 is 0 Å². The Balaban J connectivity index is 2.21. The lowest BCUT2D eigenvalue weighted by atomic mass is 9.80. The molecule has 0 aliphatic carbocycles. The molecule has 7 nitrogen and oxygen atoms in total. The van der Waals surface area contributed by atoms with Crippen molar-refractivity contribution in [3.63, 3.8) is 0 Å². The van der Waals surface area contributed by atoms with E-state index < -0.39 is 49.5 Å². The second-order valence-corrected chi connectivity index (χ2v) is 5.82. The lowest BCUT2D eigenvalue weighted by Gasteiger charge is -2.42. The maximum atomic E-state index is 12.7. The molecule has 1 aliphatic heterocycles. The summed E-state index contributed by atoms with van der Waals surface area (Å²) in [5.41, 5.74) is 4.70. The number of amides is 1. The van der Waals surface area contributed by atoms with E-state index in [1.165, 1.54) is 5.38 Å². The highest BCUT2D eigenvalue weighted by Gasteiger charge is 2.52. The van der Waals surface area contributed by atoms with Crippen molar-refractivity contribution >= 4 is 23.2 Å². The fourth-order valence-corrected chi connectivity index (χ4v) is 3.18. The van der Waals surface area contributed by atoms with Crippen molar-refractivity contribution in [3.8, 4) is 0 Å². The monoisotopic (exact) mass is 341 g/mol. The van der Waals surface area contributed by atoms with Crippen LogP contribution in [0.5, 0.6) is 0 Å². The molecule has 124 valence electrons. The summed E-state index contributed by atoms with van der Waals surface area (Å²) in [5.74, 6) is -0.885. The minimum absolute atomic E-state index is 0.0203. The molecular formula is C11H14F3N3O4S. The molecule has 0 radical (unpaired) electrons. The van der Waals surface area contributed by atoms with Crippen LogP contribution in [0.1, 0.15) is 11.4 Å². The third-order valence-corrected chi connectivity index (χ3v) is 4.51. The summed E-state index contributed by atoms with van der Waals surface area (Å²) in [6.07, 6.45) is -8.33. The van der Waals surface area contributed by atoms with Crippen LogP contribution < -0.4 is 11.1 Å². The lowest BCUT2D eigenvalue weighted by Crippen LogP contribution is -2.57. The summed E-state index contributed by atoms with van der Waals surface area (Å²) in [4.78, 5) is 14.5. The summed E-state index contributed by atoms with van der Waals surface area (Å²) in [6.45, 7) is -1.03. The number of hydrogen-bond acceptors (Lipinski definition) is 6. The Kier molecular flexibility index (Phi) is 4.61. The number of rotatable bonds is 3. The van der Waals surface area contributed by atoms with Gasteiger partial charge in [-0.05, 0) is 6.42 Å². The highest BCUT2D eigenvalue weighted by Crippen LogP contribution is 2.41. The molecule has 0 bridgehead atoms. The minimum atomic E-state index is -4.53. The van der Waals surface area contributed by atoms with Crippen LogP contribution in [-0.4, -0.2) is 46.8 Å². The largest absolute Gasteiger partial charge is 0.465 e. The minimum Gasteiger partial charge on any atom is -0.465 e. The van der Waals surface area contributed by atoms with Crippen LogP contribution in [0.2, 0.25) is 0 Å². The van der Waals surface area contributed by atoms with Gasteiger partial charge in [0.25, 0.3) is 0 Å². The number of hydrogen-bond donors (Lipinski definition) is 4. The van der Waals surface area contributed by atoms with E-state index in [9.17, 15) is 23.1 Å². The molecule has 5 N–H and O–H groups in total. The average molecular weight is 341 g/mol. The van der Waals surface area contributed by atoms with Crippen LogP contribution in [0.25, 0.3) is 0 Å². The maximum Gasteiger partial charge on any atom is 0.414 e. The summed E-state index contributed by atoms with van der Waals surface area (Å²) < 4.78 is 43.0. The Morgan fingerprint density at radius 2 is 2.32 bits per heavy atom. The number of alkyl halides is 3. The molecule has 22 heavy (non-hydrogen) atoms. The number of anilines is 1. The summed E-state index contributed by atoms with van der Waals surface area (Å²) >= 11 is 0.990. The predicted molar refractivity (Wildman–Crippen MR) is 70.6 cm³/mol. The lowest BCUT2D eigenvalue weighted by molar-refractivity contribution is -0.248. The van der Waals surface area contributed by atoms with Gasteiger partial charge in [0, 0.05) is 17.9 Å². The first-order chi connectivity index (χ1) is 10.2. The van der Waals surface area contributed by atoms with Gasteiger partial charge in [0.05, 0.1) is 12.1 Å². The Hall–Kier alpha value is -1.43. The van der Waals surface area contributed by atoms with Crippen molar-refractivity contribution in [1.82, 2.24) is 4.98 Å². The van der Waals surface area contributed by atoms with Gasteiger partial charge in [0.15, 0.2) is 6.10 Å². The molecule has 1 saturated heterocycles. The average Bonchev–Trinajstić information content (AvgIpc) is 2.86. The Morgan fingerprint density at radius 1 is 1.64 bits per heavy atom. The van der Waals surface area contributed by atoms with Gasteiger partial charge in [0.1, 0.15) is 10.8 Å². The van der Waals surface area contributed by atoms with Crippen LogP contribution in [0.4, 0.5) is 23.8 Å². The van der Waals surface area contributed by atoms with Crippen molar-refractivity contribution < 1.29 is 32.9 Å². The number of aliphatic hydroxyl groups excluding tert-OH is 1. The third-order valence-electron chi connectivity index (χ3n) is 3.47. The molecule has 1 aromatic rings. The summed E-state index contributed by atoms with van der Waals surface area (Å²) in [6, 6.07) is 0. The fourth-order valence-electron chi connectivity index (χ4n) is 2.25. The first-order valence-electron chi connectivity index (χ1n) is 6.21. The van der Waals surface area contributed by atoms with Crippen molar-refractivity contribution in [2.24, 2.45) is 11.7 Å². The smallest absolute Gasteiger partial charge is 0.414 e. The quantitative estimate of drug-likeness (QED) is 0.659. The molecule has 0 unspecified atom stereocenters. The van der Waals surface area contributed by atoms with Crippen molar-refractivity contribution in [1.29, 1.82) is 0 Å². The number of nitrogens with one attached hydrogen (secondary N) is 1. The van der Waals surface area contributed by atoms with Crippen LogP contribution >= 0.6 is 11.3 Å². The first kappa shape index (κ1) is 16.9. The molecule has 11 heteroatoms. The van der Waals surface area contributed by atoms with E-state index in [0.717, 1.165) is 11.3 Å². The zero-order valence-corrected chi connectivity index (χ0v) is 11.9. The molecule has 0 aromatic carbocycles. The molecule has 0 spiro atoms. The van der Waals surface area contributed by atoms with E-state index in [1.54, 1.807) is 0 Å². The fraction of sp³-hybridized carbons (Fsp3) is 0.636. The van der Waals surface area contributed by atoms with Gasteiger partial charge >= 0.3 is 12.3 Å². The summed E-state index contributed by atoms with van der Waals surface area (Å²) in [5, 5.41) is 21.6. The van der Waals surface area contributed by atoms with Crippen LogP contribution in [0.15, 0.2) is 5.38 Å². The van der Waals surface area contributed by atoms with Gasteiger partial charge in [-0.25, -0.2) is 9.78 Å². The zero-order chi connectivity index (χ0) is 16.5. The second-order valence-electron chi connectivity index (χ2n) is 4.96. The Morgan fingerprint density at radius 3 is 2.86 bits per heavy atom. The van der Waals surface area contributed by atoms with E-state index in [-0.39, 0.29) is 10.8 Å². The first-order valence-corrected chi connectivity index (χ1v) is 7.08. The van der Waals surface area contributed by atoms with Gasteiger partial charge < -0.3 is 20.7 Å². The van der Waals surface area contributed by atoms with E-state index in [2.05, 4.69) is 4.98 Å². The van der Waals surface area contributed by atoms with Crippen molar-refractivity contribution in [2.75, 3.05) is 18.5 Å². The van der Waals surface area contributed by atoms with E-state index in [0.29, 0.717) is 0 Å². The maximum absolute atomic E-state index is 12.7. The SMILES string of the molecule is N[C@@]1(c2nc(NC(=O)O)cs2)CO[C@@H](C(F)(F)F)C[C@H]1CO. The van der Waals surface area contributed by atoms with Crippen LogP contribution in [0, 0.1) is 5.92 Å². The number of aromatic nitrogens is 1. The standard InChI is InChI=1S/C11H14F3N3O4S/c12-11(13,14)6-1-5(2-18)10(15,4-21-6)8-16-7(3-22-8)17-9(19)20/h3,5-6,17-18H,1-2,4,15H2,(H,19,20)/t5-,6+,10-/m0/s1. The number of carbonyl (C=O) groups is 1. The van der Waals surface area contributed by atoms with Gasteiger partial charge in [-0.15, -0.1) is 11.3 Å². The van der Waals surface area contributed by atoms with Gasteiger partial charge in [-0.2, -0.15) is 13.2 Å². The van der Waals surface area contributed by atoms with Crippen LogP contribution in [0.3, 0.4) is 0 Å². The number of nitrogens with zero attached hydrogens (tertiary/aromatic N) is 1. The number of ether oxygens (including phenoxy) is 1. The van der Waals surface area contributed by atoms with E-state index in [1.807, 2.05) is 5.32 Å². The highest BCUT2D eigenvalue weighted by atomic mass is 32.1. The Bertz CT molecular complexity index is 553. The topological polar surface area (TPSA) is 118 Å². The molecule has 2 heterocycles. The second kappa shape index (κ2) is 5.99. The predicted octanol–water partition coefficient (Wildman–Crippen LogP) is 1.35. The number of carboxylic acid groups (broad SMARTS) is 1. The number of nitrogens with two attached hydrogens (primary N) is 1. The molecular weight excluding hydrogens is 327 g/mol. The van der Waals surface area contributed by atoms with Crippen LogP contribution in [-0.2, 0) is 10.3 Å². The molecule has 3 atom stereocenters. The van der Waals surface area contributed by atoms with Gasteiger partial charge in [-0.3, -0.25) is 5.32 Å². The highest BCUT2D eigenvalue weighted by molar-refractivity contribution is 7.10. The summed E-state index contributed by atoms with van der Waals surface area (Å²) in [7, 11) is 0. The van der Waals surface area contributed by atoms with Gasteiger partial charge in [0.2, 0.25) is 0 Å². The molecule has 0 saturated carbocycles. The number of aliphatic hydroxyl groups is 1. The molecule has 2 rings (SSSR count). The normalized spacial score (nSPS) is 29.3. The van der Waals surface area contributed by atoms with Crippen molar-refractivity contribution in [2.45, 2.75) is 24.2 Å². The number of halogens is 3. The molecule has 1 aliphatic rings. The molecule has 1 fully saturated rings. The molecule has 1 aromatic heterocycles. The Labute approximate surface area is 126 Å².